The van der Waals surface area contributed by atoms with Crippen molar-refractivity contribution in [2.24, 2.45) is 11.1 Å². The van der Waals surface area contributed by atoms with Crippen molar-refractivity contribution in [1.29, 1.82) is 0 Å². The van der Waals surface area contributed by atoms with E-state index in [0.717, 1.165) is 12.8 Å². The summed E-state index contributed by atoms with van der Waals surface area (Å²) in [7, 11) is 0. The topological polar surface area (TPSA) is 26.0 Å². The van der Waals surface area contributed by atoms with Gasteiger partial charge in [0.15, 0.2) is 0 Å². The van der Waals surface area contributed by atoms with Crippen LogP contribution < -0.4 is 5.73 Å². The largest absolute Gasteiger partial charge is 0.329 e. The number of hydrogen-bond donors (Lipinski definition) is 1. The van der Waals surface area contributed by atoms with Crippen LogP contribution in [0.2, 0.25) is 0 Å². The fourth-order valence-electron chi connectivity index (χ4n) is 1.30. The third-order valence-electron chi connectivity index (χ3n) is 2.40. The highest BCUT2D eigenvalue weighted by atomic mass is 19.3. The van der Waals surface area contributed by atoms with Gasteiger partial charge in [-0.15, -0.1) is 0 Å². The van der Waals surface area contributed by atoms with Gasteiger partial charge in [0, 0.05) is 13.0 Å². The standard InChI is InChI=1S/C9H15F2N/c1-2-3-4-5-8(7-12)6-9(8,10)11/h4-5H,2-3,6-7,12H2,1H3/b5-4+. The maximum absolute atomic E-state index is 12.7. The normalized spacial score (nSPS) is 32.7. The molecule has 0 saturated heterocycles. The van der Waals surface area contributed by atoms with Gasteiger partial charge in [-0.25, -0.2) is 8.78 Å². The molecule has 0 aromatic heterocycles. The van der Waals surface area contributed by atoms with Gasteiger partial charge < -0.3 is 5.73 Å². The molecule has 1 fully saturated rings. The Morgan fingerprint density at radius 2 is 2.08 bits per heavy atom. The Balaban J connectivity index is 2.50. The summed E-state index contributed by atoms with van der Waals surface area (Å²) < 4.78 is 25.5. The summed E-state index contributed by atoms with van der Waals surface area (Å²) in [5.41, 5.74) is 4.30. The second-order valence-electron chi connectivity index (χ2n) is 3.43. The van der Waals surface area contributed by atoms with Crippen molar-refractivity contribution in [2.45, 2.75) is 32.1 Å². The number of hydrogen-bond acceptors (Lipinski definition) is 1. The second-order valence-corrected chi connectivity index (χ2v) is 3.43. The fourth-order valence-corrected chi connectivity index (χ4v) is 1.30. The van der Waals surface area contributed by atoms with E-state index in [-0.39, 0.29) is 13.0 Å². The quantitative estimate of drug-likeness (QED) is 0.652. The van der Waals surface area contributed by atoms with E-state index in [0.29, 0.717) is 0 Å². The average molecular weight is 175 g/mol. The van der Waals surface area contributed by atoms with Crippen molar-refractivity contribution in [3.05, 3.63) is 12.2 Å². The predicted octanol–water partition coefficient (Wildman–Crippen LogP) is 2.33. The molecular formula is C9H15F2N. The molecule has 1 rings (SSSR count). The molecule has 0 aromatic carbocycles. The Morgan fingerprint density at radius 1 is 1.50 bits per heavy atom. The third-order valence-corrected chi connectivity index (χ3v) is 2.40. The van der Waals surface area contributed by atoms with Crippen molar-refractivity contribution >= 4 is 0 Å². The molecule has 3 heteroatoms. The van der Waals surface area contributed by atoms with Gasteiger partial charge in [0.1, 0.15) is 0 Å². The zero-order valence-electron chi connectivity index (χ0n) is 7.32. The first kappa shape index (κ1) is 9.65. The third kappa shape index (κ3) is 1.51. The molecule has 0 bridgehead atoms. The van der Waals surface area contributed by atoms with Crippen molar-refractivity contribution in [3.8, 4) is 0 Å². The molecule has 1 aliphatic carbocycles. The molecule has 1 saturated carbocycles. The predicted molar refractivity (Wildman–Crippen MR) is 45.1 cm³/mol. The number of rotatable bonds is 4. The highest BCUT2D eigenvalue weighted by molar-refractivity contribution is 5.21. The molecule has 0 radical (unpaired) electrons. The first-order valence-corrected chi connectivity index (χ1v) is 4.33. The number of nitrogens with two attached hydrogens (primary N) is 1. The number of alkyl halides is 2. The molecule has 1 atom stereocenters. The molecule has 2 N–H and O–H groups in total. The van der Waals surface area contributed by atoms with Crippen LogP contribution in [0, 0.1) is 5.41 Å². The summed E-state index contributed by atoms with van der Waals surface area (Å²) in [5.74, 6) is -2.55. The van der Waals surface area contributed by atoms with Crippen molar-refractivity contribution < 1.29 is 8.78 Å². The van der Waals surface area contributed by atoms with Gasteiger partial charge in [0.2, 0.25) is 0 Å². The summed E-state index contributed by atoms with van der Waals surface area (Å²) in [5, 5.41) is 0. The van der Waals surface area contributed by atoms with Gasteiger partial charge in [-0.05, 0) is 6.42 Å². The smallest absolute Gasteiger partial charge is 0.259 e. The van der Waals surface area contributed by atoms with Crippen LogP contribution in [0.4, 0.5) is 8.78 Å². The van der Waals surface area contributed by atoms with E-state index in [1.54, 1.807) is 6.08 Å². The van der Waals surface area contributed by atoms with E-state index in [9.17, 15) is 8.78 Å². The minimum Gasteiger partial charge on any atom is -0.329 e. The molecule has 0 heterocycles. The van der Waals surface area contributed by atoms with Gasteiger partial charge in [-0.3, -0.25) is 0 Å². The number of allylic oxidation sites excluding steroid dienone is 1. The lowest BCUT2D eigenvalue weighted by atomic mass is 10.1. The van der Waals surface area contributed by atoms with Crippen LogP contribution in [0.15, 0.2) is 12.2 Å². The molecular weight excluding hydrogens is 160 g/mol. The SMILES string of the molecule is CCC/C=C/C1(CN)CC1(F)F. The maximum Gasteiger partial charge on any atom is 0.259 e. The number of halogens is 2. The minimum absolute atomic E-state index is 0.0558. The van der Waals surface area contributed by atoms with E-state index in [4.69, 9.17) is 5.73 Å². The Labute approximate surface area is 71.6 Å². The lowest BCUT2D eigenvalue weighted by molar-refractivity contribution is 0.0816. The summed E-state index contributed by atoms with van der Waals surface area (Å²) in [6.45, 7) is 2.07. The molecule has 1 nitrogen and oxygen atoms in total. The zero-order valence-corrected chi connectivity index (χ0v) is 7.32. The molecule has 1 aliphatic rings. The first-order chi connectivity index (χ1) is 5.58. The molecule has 12 heavy (non-hydrogen) atoms. The molecule has 1 unspecified atom stereocenters. The fraction of sp³-hybridized carbons (Fsp3) is 0.778. The van der Waals surface area contributed by atoms with Crippen molar-refractivity contribution in [3.63, 3.8) is 0 Å². The Bertz CT molecular complexity index is 189. The van der Waals surface area contributed by atoms with E-state index in [1.165, 1.54) is 0 Å². The Morgan fingerprint density at radius 3 is 2.42 bits per heavy atom. The van der Waals surface area contributed by atoms with E-state index in [1.807, 2.05) is 13.0 Å². The van der Waals surface area contributed by atoms with Crippen LogP contribution in [0.5, 0.6) is 0 Å². The van der Waals surface area contributed by atoms with Crippen LogP contribution in [-0.4, -0.2) is 12.5 Å². The summed E-state index contributed by atoms with van der Waals surface area (Å²) in [4.78, 5) is 0. The average Bonchev–Trinajstić information content (AvgIpc) is 2.55. The summed E-state index contributed by atoms with van der Waals surface area (Å²) in [6.07, 6.45) is 5.18. The maximum atomic E-state index is 12.7. The lowest BCUT2D eigenvalue weighted by Crippen LogP contribution is -2.19. The van der Waals surface area contributed by atoms with E-state index >= 15 is 0 Å². The highest BCUT2D eigenvalue weighted by Crippen LogP contribution is 2.60. The van der Waals surface area contributed by atoms with Crippen LogP contribution in [0.1, 0.15) is 26.2 Å². The van der Waals surface area contributed by atoms with Gasteiger partial charge in [-0.1, -0.05) is 25.5 Å². The van der Waals surface area contributed by atoms with Crippen LogP contribution >= 0.6 is 0 Å². The van der Waals surface area contributed by atoms with E-state index in [2.05, 4.69) is 0 Å². The summed E-state index contributed by atoms with van der Waals surface area (Å²) >= 11 is 0. The van der Waals surface area contributed by atoms with E-state index < -0.39 is 11.3 Å². The number of unbranched alkanes of at least 4 members (excludes halogenated alkanes) is 1. The lowest BCUT2D eigenvalue weighted by Gasteiger charge is -2.06. The second kappa shape index (κ2) is 3.13. The van der Waals surface area contributed by atoms with Crippen molar-refractivity contribution in [2.75, 3.05) is 6.54 Å². The first-order valence-electron chi connectivity index (χ1n) is 4.33. The monoisotopic (exact) mass is 175 g/mol. The van der Waals surface area contributed by atoms with Crippen LogP contribution in [-0.2, 0) is 0 Å². The van der Waals surface area contributed by atoms with Crippen molar-refractivity contribution in [1.82, 2.24) is 0 Å². The van der Waals surface area contributed by atoms with Crippen LogP contribution in [0.3, 0.4) is 0 Å². The molecule has 0 aliphatic heterocycles. The van der Waals surface area contributed by atoms with Gasteiger partial charge >= 0.3 is 0 Å². The van der Waals surface area contributed by atoms with Gasteiger partial charge in [-0.2, -0.15) is 0 Å². The molecule has 70 valence electrons. The Hall–Kier alpha value is -0.440. The molecule has 0 spiro atoms. The zero-order chi connectivity index (χ0) is 9.24. The highest BCUT2D eigenvalue weighted by Gasteiger charge is 2.68. The molecule has 0 aromatic rings. The summed E-state index contributed by atoms with van der Waals surface area (Å²) in [6, 6.07) is 0. The molecule has 0 amide bonds. The van der Waals surface area contributed by atoms with Crippen LogP contribution in [0.25, 0.3) is 0 Å². The van der Waals surface area contributed by atoms with Gasteiger partial charge in [0.05, 0.1) is 5.41 Å². The Kier molecular flexibility index (Phi) is 2.52. The van der Waals surface area contributed by atoms with Gasteiger partial charge in [0.25, 0.3) is 5.92 Å². The minimum atomic E-state index is -2.55.